The average molecular weight is 358 g/mol. The third-order valence-electron chi connectivity index (χ3n) is 3.69. The fraction of sp³-hybridized carbons (Fsp3) is 0.211. The van der Waals surface area contributed by atoms with Gasteiger partial charge < -0.3 is 15.0 Å². The van der Waals surface area contributed by atoms with Crippen LogP contribution in [0.25, 0.3) is 0 Å². The van der Waals surface area contributed by atoms with Crippen molar-refractivity contribution in [1.82, 2.24) is 4.90 Å². The Morgan fingerprint density at radius 1 is 1.08 bits per heavy atom. The third-order valence-corrected chi connectivity index (χ3v) is 3.69. The van der Waals surface area contributed by atoms with Crippen LogP contribution in [0, 0.1) is 5.82 Å². The number of esters is 1. The van der Waals surface area contributed by atoms with Crippen LogP contribution in [0.15, 0.2) is 48.5 Å². The lowest BCUT2D eigenvalue weighted by atomic mass is 10.2. The van der Waals surface area contributed by atoms with Gasteiger partial charge in [0.1, 0.15) is 12.4 Å². The van der Waals surface area contributed by atoms with E-state index in [0.717, 1.165) is 0 Å². The van der Waals surface area contributed by atoms with Crippen molar-refractivity contribution in [2.75, 3.05) is 19.0 Å². The van der Waals surface area contributed by atoms with E-state index in [1.807, 2.05) is 0 Å². The molecule has 0 saturated heterocycles. The van der Waals surface area contributed by atoms with Crippen molar-refractivity contribution in [3.8, 4) is 0 Å². The molecule has 6 nitrogen and oxygen atoms in total. The number of nitrogens with one attached hydrogen (secondary N) is 1. The smallest absolute Gasteiger partial charge is 0.337 e. The van der Waals surface area contributed by atoms with Gasteiger partial charge in [0.05, 0.1) is 12.7 Å². The number of nitrogens with zero attached hydrogens (tertiary/aromatic N) is 1. The van der Waals surface area contributed by atoms with E-state index in [4.69, 9.17) is 0 Å². The number of halogens is 1. The molecule has 0 heterocycles. The van der Waals surface area contributed by atoms with Gasteiger partial charge in [-0.3, -0.25) is 9.59 Å². The highest BCUT2D eigenvalue weighted by Crippen LogP contribution is 2.12. The van der Waals surface area contributed by atoms with Crippen LogP contribution < -0.4 is 5.32 Å². The molecule has 1 N–H and O–H groups in total. The van der Waals surface area contributed by atoms with Gasteiger partial charge in [0, 0.05) is 24.7 Å². The molecule has 0 aliphatic carbocycles. The van der Waals surface area contributed by atoms with Crippen LogP contribution in [-0.2, 0) is 20.9 Å². The number of hydrogen-bond donors (Lipinski definition) is 1. The minimum absolute atomic E-state index is 0.00327. The molecule has 0 radical (unpaired) electrons. The number of amides is 2. The molecule has 2 aromatic rings. The Kier molecular flexibility index (Phi) is 6.43. The van der Waals surface area contributed by atoms with Gasteiger partial charge in [0.15, 0.2) is 0 Å². The van der Waals surface area contributed by atoms with Crippen LogP contribution in [0.2, 0.25) is 0 Å². The summed E-state index contributed by atoms with van der Waals surface area (Å²) in [5.41, 5.74) is 1.16. The lowest BCUT2D eigenvalue weighted by Gasteiger charge is -2.21. The minimum atomic E-state index is -0.476. The number of carbonyl (C=O) groups is 3. The van der Waals surface area contributed by atoms with Gasteiger partial charge in [-0.05, 0) is 30.3 Å². The number of hydrogen-bond acceptors (Lipinski definition) is 4. The number of benzene rings is 2. The summed E-state index contributed by atoms with van der Waals surface area (Å²) < 4.78 is 18.4. The zero-order valence-electron chi connectivity index (χ0n) is 14.5. The molecular formula is C19H19FN2O4. The van der Waals surface area contributed by atoms with Crippen LogP contribution in [-0.4, -0.2) is 36.3 Å². The van der Waals surface area contributed by atoms with Gasteiger partial charge in [-0.15, -0.1) is 0 Å². The Labute approximate surface area is 150 Å². The summed E-state index contributed by atoms with van der Waals surface area (Å²) in [4.78, 5) is 36.6. The first-order valence-electron chi connectivity index (χ1n) is 7.88. The van der Waals surface area contributed by atoms with E-state index < -0.39 is 17.7 Å². The molecule has 0 unspecified atom stereocenters. The summed E-state index contributed by atoms with van der Waals surface area (Å²) in [5, 5.41) is 2.63. The Balaban J connectivity index is 2.00. The number of anilines is 1. The van der Waals surface area contributed by atoms with Crippen molar-refractivity contribution >= 4 is 23.5 Å². The lowest BCUT2D eigenvalue weighted by molar-refractivity contribution is -0.133. The Morgan fingerprint density at radius 2 is 1.73 bits per heavy atom. The fourth-order valence-corrected chi connectivity index (χ4v) is 2.29. The van der Waals surface area contributed by atoms with Gasteiger partial charge in [-0.1, -0.05) is 18.2 Å². The monoisotopic (exact) mass is 358 g/mol. The summed E-state index contributed by atoms with van der Waals surface area (Å²) >= 11 is 0. The first kappa shape index (κ1) is 19.1. The number of rotatable bonds is 6. The number of methoxy groups -OCH3 is 1. The quantitative estimate of drug-likeness (QED) is 0.806. The van der Waals surface area contributed by atoms with Crippen LogP contribution in [0.4, 0.5) is 10.1 Å². The molecule has 7 heteroatoms. The zero-order chi connectivity index (χ0) is 19.1. The molecule has 136 valence electrons. The van der Waals surface area contributed by atoms with Crippen LogP contribution in [0.1, 0.15) is 22.8 Å². The highest BCUT2D eigenvalue weighted by atomic mass is 19.1. The highest BCUT2D eigenvalue weighted by Gasteiger charge is 2.16. The van der Waals surface area contributed by atoms with Crippen molar-refractivity contribution in [2.24, 2.45) is 0 Å². The van der Waals surface area contributed by atoms with Crippen LogP contribution in [0.5, 0.6) is 0 Å². The summed E-state index contributed by atoms with van der Waals surface area (Å²) in [6.07, 6.45) is 0. The second-order valence-corrected chi connectivity index (χ2v) is 5.58. The zero-order valence-corrected chi connectivity index (χ0v) is 14.5. The maximum atomic E-state index is 13.8. The van der Waals surface area contributed by atoms with Crippen LogP contribution >= 0.6 is 0 Å². The van der Waals surface area contributed by atoms with Crippen LogP contribution in [0.3, 0.4) is 0 Å². The molecule has 0 atom stereocenters. The SMILES string of the molecule is COC(=O)c1ccc(NC(=O)CN(Cc2ccccc2F)C(C)=O)cc1. The summed E-state index contributed by atoms with van der Waals surface area (Å²) in [7, 11) is 1.28. The first-order chi connectivity index (χ1) is 12.4. The molecule has 0 saturated carbocycles. The normalized spacial score (nSPS) is 10.1. The average Bonchev–Trinajstić information content (AvgIpc) is 2.62. The van der Waals surface area contributed by atoms with E-state index in [1.165, 1.54) is 37.1 Å². The van der Waals surface area contributed by atoms with E-state index in [0.29, 0.717) is 16.8 Å². The summed E-state index contributed by atoms with van der Waals surface area (Å²) in [5.74, 6) is -1.68. The molecule has 0 aliphatic heterocycles. The van der Waals surface area contributed by atoms with Gasteiger partial charge in [-0.2, -0.15) is 0 Å². The Morgan fingerprint density at radius 3 is 2.31 bits per heavy atom. The molecule has 2 aromatic carbocycles. The summed E-state index contributed by atoms with van der Waals surface area (Å²) in [6.45, 7) is 1.10. The van der Waals surface area contributed by atoms with Crippen molar-refractivity contribution in [3.05, 3.63) is 65.5 Å². The molecular weight excluding hydrogens is 339 g/mol. The maximum absolute atomic E-state index is 13.8. The van der Waals surface area contributed by atoms with E-state index >= 15 is 0 Å². The van der Waals surface area contributed by atoms with Gasteiger partial charge >= 0.3 is 5.97 Å². The van der Waals surface area contributed by atoms with Crippen molar-refractivity contribution in [3.63, 3.8) is 0 Å². The van der Waals surface area contributed by atoms with E-state index in [1.54, 1.807) is 30.3 Å². The first-order valence-corrected chi connectivity index (χ1v) is 7.88. The van der Waals surface area contributed by atoms with Crippen molar-refractivity contribution in [2.45, 2.75) is 13.5 Å². The molecule has 0 spiro atoms. The van der Waals surface area contributed by atoms with E-state index in [-0.39, 0.29) is 19.0 Å². The molecule has 0 fully saturated rings. The van der Waals surface area contributed by atoms with E-state index in [2.05, 4.69) is 10.1 Å². The minimum Gasteiger partial charge on any atom is -0.465 e. The molecule has 2 rings (SSSR count). The topological polar surface area (TPSA) is 75.7 Å². The molecule has 0 aromatic heterocycles. The second-order valence-electron chi connectivity index (χ2n) is 5.58. The number of carbonyl (C=O) groups excluding carboxylic acids is 3. The highest BCUT2D eigenvalue weighted by molar-refractivity contribution is 5.95. The molecule has 2 amide bonds. The van der Waals surface area contributed by atoms with Gasteiger partial charge in [0.2, 0.25) is 11.8 Å². The number of ether oxygens (including phenoxy) is 1. The Bertz CT molecular complexity index is 805. The predicted molar refractivity (Wildman–Crippen MR) is 93.9 cm³/mol. The maximum Gasteiger partial charge on any atom is 0.337 e. The Hall–Kier alpha value is -3.22. The molecule has 0 bridgehead atoms. The molecule has 26 heavy (non-hydrogen) atoms. The molecule has 0 aliphatic rings. The third kappa shape index (κ3) is 5.14. The lowest BCUT2D eigenvalue weighted by Crippen LogP contribution is -2.36. The predicted octanol–water partition coefficient (Wildman–Crippen LogP) is 2.60. The second kappa shape index (κ2) is 8.75. The fourth-order valence-electron chi connectivity index (χ4n) is 2.29. The standard InChI is InChI=1S/C19H19FN2O4/c1-13(23)22(11-15-5-3-4-6-17(15)20)12-18(24)21-16-9-7-14(8-10-16)19(25)26-2/h3-10H,11-12H2,1-2H3,(H,21,24). The summed E-state index contributed by atoms with van der Waals surface area (Å²) in [6, 6.07) is 12.2. The van der Waals surface area contributed by atoms with E-state index in [9.17, 15) is 18.8 Å². The van der Waals surface area contributed by atoms with Gasteiger partial charge in [-0.25, -0.2) is 9.18 Å². The largest absolute Gasteiger partial charge is 0.465 e. The van der Waals surface area contributed by atoms with Gasteiger partial charge in [0.25, 0.3) is 0 Å². The van der Waals surface area contributed by atoms with Crippen molar-refractivity contribution < 1.29 is 23.5 Å². The van der Waals surface area contributed by atoms with Crippen molar-refractivity contribution in [1.29, 1.82) is 0 Å².